The molecule has 3 N–H and O–H groups in total. The Morgan fingerprint density at radius 1 is 1.42 bits per heavy atom. The van der Waals surface area contributed by atoms with Crippen LogP contribution in [0.4, 0.5) is 4.79 Å². The van der Waals surface area contributed by atoms with Crippen LogP contribution in [0.1, 0.15) is 25.5 Å². The molecule has 6 nitrogen and oxygen atoms in total. The fourth-order valence-corrected chi connectivity index (χ4v) is 1.69. The molecule has 1 unspecified atom stereocenters. The van der Waals surface area contributed by atoms with Gasteiger partial charge in [-0.15, -0.1) is 0 Å². The lowest BCUT2D eigenvalue weighted by Gasteiger charge is -2.12. The monoisotopic (exact) mass is 268 g/mol. The van der Waals surface area contributed by atoms with Gasteiger partial charge in [-0.05, 0) is 18.6 Å². The average Bonchev–Trinajstić information content (AvgIpc) is 2.87. The Labute approximate surface area is 112 Å². The normalized spacial score (nSPS) is 11.8. The Morgan fingerprint density at radius 2 is 2.21 bits per heavy atom. The summed E-state index contributed by atoms with van der Waals surface area (Å²) in [6, 6.07) is 3.27. The van der Waals surface area contributed by atoms with E-state index in [9.17, 15) is 9.59 Å². The molecule has 0 saturated heterocycles. The van der Waals surface area contributed by atoms with Gasteiger partial charge in [-0.3, -0.25) is 4.79 Å². The SMILES string of the molecule is CCCC(CNC(=O)NCCc1ccco1)C(=O)O. The highest BCUT2D eigenvalue weighted by molar-refractivity contribution is 5.75. The quantitative estimate of drug-likeness (QED) is 0.668. The smallest absolute Gasteiger partial charge is 0.314 e. The molecule has 2 amide bonds. The molecule has 0 aliphatic carbocycles. The molecular formula is C13H20N2O4. The van der Waals surface area contributed by atoms with Crippen LogP contribution < -0.4 is 10.6 Å². The summed E-state index contributed by atoms with van der Waals surface area (Å²) in [6.07, 6.45) is 3.52. The second-order valence-electron chi connectivity index (χ2n) is 4.29. The van der Waals surface area contributed by atoms with Crippen molar-refractivity contribution >= 4 is 12.0 Å². The summed E-state index contributed by atoms with van der Waals surface area (Å²) < 4.78 is 5.13. The van der Waals surface area contributed by atoms with Gasteiger partial charge >= 0.3 is 12.0 Å². The van der Waals surface area contributed by atoms with Crippen LogP contribution in [0.15, 0.2) is 22.8 Å². The van der Waals surface area contributed by atoms with Gasteiger partial charge in [-0.1, -0.05) is 13.3 Å². The number of hydrogen-bond acceptors (Lipinski definition) is 3. The lowest BCUT2D eigenvalue weighted by molar-refractivity contribution is -0.141. The lowest BCUT2D eigenvalue weighted by atomic mass is 10.0. The van der Waals surface area contributed by atoms with Crippen LogP contribution in [-0.2, 0) is 11.2 Å². The van der Waals surface area contributed by atoms with Crippen LogP contribution >= 0.6 is 0 Å². The molecule has 19 heavy (non-hydrogen) atoms. The molecule has 0 fully saturated rings. The van der Waals surface area contributed by atoms with Gasteiger partial charge in [0.15, 0.2) is 0 Å². The second-order valence-corrected chi connectivity index (χ2v) is 4.29. The van der Waals surface area contributed by atoms with Crippen molar-refractivity contribution in [1.82, 2.24) is 10.6 Å². The number of carbonyl (C=O) groups excluding carboxylic acids is 1. The van der Waals surface area contributed by atoms with E-state index in [0.29, 0.717) is 19.4 Å². The van der Waals surface area contributed by atoms with Gasteiger partial charge in [-0.25, -0.2) is 4.79 Å². The zero-order valence-corrected chi connectivity index (χ0v) is 11.0. The minimum atomic E-state index is -0.877. The van der Waals surface area contributed by atoms with E-state index in [1.807, 2.05) is 13.0 Å². The van der Waals surface area contributed by atoms with Crippen LogP contribution in [0.2, 0.25) is 0 Å². The summed E-state index contributed by atoms with van der Waals surface area (Å²) in [5.41, 5.74) is 0. The summed E-state index contributed by atoms with van der Waals surface area (Å²) in [7, 11) is 0. The third kappa shape index (κ3) is 5.94. The van der Waals surface area contributed by atoms with Gasteiger partial charge in [0.25, 0.3) is 0 Å². The minimum Gasteiger partial charge on any atom is -0.481 e. The van der Waals surface area contributed by atoms with Crippen LogP contribution in [-0.4, -0.2) is 30.2 Å². The van der Waals surface area contributed by atoms with Crippen molar-refractivity contribution in [3.63, 3.8) is 0 Å². The van der Waals surface area contributed by atoms with Gasteiger partial charge in [0.1, 0.15) is 5.76 Å². The van der Waals surface area contributed by atoms with Gasteiger partial charge < -0.3 is 20.2 Å². The van der Waals surface area contributed by atoms with E-state index in [-0.39, 0.29) is 12.6 Å². The first-order valence-electron chi connectivity index (χ1n) is 6.40. The molecule has 1 aromatic rings. The highest BCUT2D eigenvalue weighted by Gasteiger charge is 2.16. The maximum Gasteiger partial charge on any atom is 0.314 e. The van der Waals surface area contributed by atoms with Crippen molar-refractivity contribution < 1.29 is 19.1 Å². The number of nitrogens with one attached hydrogen (secondary N) is 2. The van der Waals surface area contributed by atoms with Crippen molar-refractivity contribution in [2.24, 2.45) is 5.92 Å². The Bertz CT molecular complexity index is 389. The first-order valence-corrected chi connectivity index (χ1v) is 6.40. The number of carboxylic acids is 1. The highest BCUT2D eigenvalue weighted by Crippen LogP contribution is 2.04. The summed E-state index contributed by atoms with van der Waals surface area (Å²) in [5, 5.41) is 14.2. The molecule has 0 aliphatic heterocycles. The van der Waals surface area contributed by atoms with Crippen molar-refractivity contribution in [3.05, 3.63) is 24.2 Å². The molecule has 0 aliphatic rings. The lowest BCUT2D eigenvalue weighted by Crippen LogP contribution is -2.40. The number of carboxylic acid groups (broad SMARTS) is 1. The molecular weight excluding hydrogens is 248 g/mol. The second kappa shape index (κ2) is 8.18. The van der Waals surface area contributed by atoms with Gasteiger partial charge in [-0.2, -0.15) is 0 Å². The average molecular weight is 268 g/mol. The Kier molecular flexibility index (Phi) is 6.49. The van der Waals surface area contributed by atoms with E-state index in [1.165, 1.54) is 0 Å². The van der Waals surface area contributed by atoms with Gasteiger partial charge in [0.2, 0.25) is 0 Å². The van der Waals surface area contributed by atoms with Crippen molar-refractivity contribution in [1.29, 1.82) is 0 Å². The minimum absolute atomic E-state index is 0.149. The zero-order chi connectivity index (χ0) is 14.1. The maximum atomic E-state index is 11.5. The standard InChI is InChI=1S/C13H20N2O4/c1-2-4-10(12(16)17)9-15-13(18)14-7-6-11-5-3-8-19-11/h3,5,8,10H,2,4,6-7,9H2,1H3,(H,16,17)(H2,14,15,18). The Morgan fingerprint density at radius 3 is 2.79 bits per heavy atom. The number of hydrogen-bond donors (Lipinski definition) is 3. The van der Waals surface area contributed by atoms with E-state index < -0.39 is 11.9 Å². The summed E-state index contributed by atoms with van der Waals surface area (Å²) in [4.78, 5) is 22.3. The van der Waals surface area contributed by atoms with E-state index in [1.54, 1.807) is 12.3 Å². The van der Waals surface area contributed by atoms with Crippen LogP contribution in [0.25, 0.3) is 0 Å². The molecule has 0 aromatic carbocycles. The number of furan rings is 1. The third-order valence-electron chi connectivity index (χ3n) is 2.73. The van der Waals surface area contributed by atoms with E-state index in [4.69, 9.17) is 9.52 Å². The predicted octanol–water partition coefficient (Wildman–Crippen LogP) is 1.62. The van der Waals surface area contributed by atoms with Crippen molar-refractivity contribution in [2.45, 2.75) is 26.2 Å². The molecule has 1 atom stereocenters. The van der Waals surface area contributed by atoms with Crippen molar-refractivity contribution in [2.75, 3.05) is 13.1 Å². The van der Waals surface area contributed by atoms with Crippen molar-refractivity contribution in [3.8, 4) is 0 Å². The third-order valence-corrected chi connectivity index (χ3v) is 2.73. The molecule has 1 heterocycles. The van der Waals surface area contributed by atoms with Gasteiger partial charge in [0.05, 0.1) is 12.2 Å². The van der Waals surface area contributed by atoms with Crippen LogP contribution in [0.3, 0.4) is 0 Å². The topological polar surface area (TPSA) is 91.6 Å². The molecule has 0 saturated carbocycles. The van der Waals surface area contributed by atoms with E-state index in [2.05, 4.69) is 10.6 Å². The zero-order valence-electron chi connectivity index (χ0n) is 11.0. The summed E-state index contributed by atoms with van der Waals surface area (Å²) in [6.45, 7) is 2.51. The maximum absolute atomic E-state index is 11.5. The highest BCUT2D eigenvalue weighted by atomic mass is 16.4. The number of urea groups is 1. The number of aliphatic carboxylic acids is 1. The molecule has 0 spiro atoms. The predicted molar refractivity (Wildman–Crippen MR) is 69.8 cm³/mol. The van der Waals surface area contributed by atoms with E-state index in [0.717, 1.165) is 12.2 Å². The molecule has 106 valence electrons. The molecule has 1 rings (SSSR count). The first kappa shape index (κ1) is 15.1. The molecule has 0 radical (unpaired) electrons. The number of rotatable bonds is 8. The Hall–Kier alpha value is -1.98. The largest absolute Gasteiger partial charge is 0.481 e. The number of carbonyl (C=O) groups is 2. The van der Waals surface area contributed by atoms with Gasteiger partial charge in [0, 0.05) is 19.5 Å². The fourth-order valence-electron chi connectivity index (χ4n) is 1.69. The fraction of sp³-hybridized carbons (Fsp3) is 0.538. The first-order chi connectivity index (χ1) is 9.13. The van der Waals surface area contributed by atoms with E-state index >= 15 is 0 Å². The Balaban J connectivity index is 2.17. The molecule has 0 bridgehead atoms. The van der Waals surface area contributed by atoms with Crippen LogP contribution in [0, 0.1) is 5.92 Å². The number of amides is 2. The molecule has 1 aromatic heterocycles. The summed E-state index contributed by atoms with van der Waals surface area (Å²) in [5.74, 6) is -0.603. The van der Waals surface area contributed by atoms with Crippen LogP contribution in [0.5, 0.6) is 0 Å². The molecule has 6 heteroatoms. The summed E-state index contributed by atoms with van der Waals surface area (Å²) >= 11 is 0.